The van der Waals surface area contributed by atoms with Gasteiger partial charge in [0.25, 0.3) is 0 Å². The predicted molar refractivity (Wildman–Crippen MR) is 132 cm³/mol. The molecule has 0 aromatic carbocycles. The zero-order chi connectivity index (χ0) is 26.6. The number of carboxylic acids is 1. The zero-order valence-corrected chi connectivity index (χ0v) is 21.6. The molecular formula is C22H39N6O5S-. The molecule has 0 saturated heterocycles. The number of hydrogen-bond donors (Lipinski definition) is 5. The molecule has 11 nitrogen and oxygen atoms in total. The molecule has 0 unspecified atom stereocenters. The van der Waals surface area contributed by atoms with Crippen LogP contribution < -0.4 is 22.1 Å². The number of amides is 3. The number of carbonyl (C=O) groups excluding carboxylic acids is 3. The fraction of sp³-hybridized carbons (Fsp3) is 0.682. The van der Waals surface area contributed by atoms with Crippen LogP contribution in [0.3, 0.4) is 0 Å². The van der Waals surface area contributed by atoms with E-state index in [9.17, 15) is 24.3 Å². The second-order valence-electron chi connectivity index (χ2n) is 8.96. The van der Waals surface area contributed by atoms with Gasteiger partial charge in [-0.25, -0.2) is 4.79 Å². The third-order valence-corrected chi connectivity index (χ3v) is 5.70. The van der Waals surface area contributed by atoms with E-state index in [2.05, 4.69) is 15.6 Å². The van der Waals surface area contributed by atoms with Crippen LogP contribution in [0.4, 0.5) is 5.13 Å². The molecule has 3 amide bonds. The number of hydrogen-bond acceptors (Lipinski definition) is 7. The highest BCUT2D eigenvalue weighted by atomic mass is 32.1. The van der Waals surface area contributed by atoms with Gasteiger partial charge in [0, 0.05) is 6.42 Å². The first-order valence-corrected chi connectivity index (χ1v) is 12.1. The maximum atomic E-state index is 12.5. The standard InChI is InChI=1S/C17H33N3O4.C5H7N3OS/c1-7-11(6)14(17(23)24)20-16(22)13(10(4)5)19-15(21)12(18)8-9(2)3;6-4(9)1-3-2-10-5(7)8-3/h9-14H,7-8,18H2,1-6H3,(H,19,21)(H,20,22)(H,23,24);2H,1H2,(H4,6,7,8,9)/p-1/t11-,12-,13-,14-;/m0./s1. The van der Waals surface area contributed by atoms with E-state index in [1.54, 1.807) is 26.2 Å². The number of carboxylic acid groups (broad SMARTS) is 1. The second kappa shape index (κ2) is 15.2. The minimum Gasteiger partial charge on any atom is -0.480 e. The van der Waals surface area contributed by atoms with Crippen LogP contribution in [0.15, 0.2) is 5.38 Å². The average Bonchev–Trinajstić information content (AvgIpc) is 3.12. The van der Waals surface area contributed by atoms with E-state index < -0.39 is 41.8 Å². The van der Waals surface area contributed by atoms with Crippen molar-refractivity contribution in [2.75, 3.05) is 0 Å². The summed E-state index contributed by atoms with van der Waals surface area (Å²) in [7, 11) is 0. The molecule has 0 radical (unpaired) electrons. The van der Waals surface area contributed by atoms with Crippen LogP contribution in [0.2, 0.25) is 0 Å². The van der Waals surface area contributed by atoms with E-state index in [0.717, 1.165) is 0 Å². The maximum absolute atomic E-state index is 12.5. The molecule has 1 aromatic rings. The molecule has 1 heterocycles. The van der Waals surface area contributed by atoms with Crippen LogP contribution in [0.1, 0.15) is 60.1 Å². The molecule has 0 bridgehead atoms. The number of aliphatic carboxylic acids is 1. The van der Waals surface area contributed by atoms with Crippen molar-refractivity contribution in [1.29, 1.82) is 0 Å². The molecule has 0 fully saturated rings. The lowest BCUT2D eigenvalue weighted by Gasteiger charge is -2.27. The van der Waals surface area contributed by atoms with Crippen LogP contribution in [-0.2, 0) is 25.6 Å². The number of nitrogens with zero attached hydrogens (tertiary/aromatic N) is 1. The monoisotopic (exact) mass is 499 g/mol. The Bertz CT molecular complexity index is 813. The fourth-order valence-corrected chi connectivity index (χ4v) is 3.46. The van der Waals surface area contributed by atoms with Gasteiger partial charge < -0.3 is 37.9 Å². The van der Waals surface area contributed by atoms with Crippen molar-refractivity contribution < 1.29 is 24.3 Å². The molecular weight excluding hydrogens is 460 g/mol. The number of thiazole rings is 1. The number of carbonyl (C=O) groups is 4. The number of nitrogens with two attached hydrogens (primary N) is 2. The van der Waals surface area contributed by atoms with Gasteiger partial charge in [0.05, 0.1) is 6.04 Å². The number of rotatable bonds is 12. The van der Waals surface area contributed by atoms with Gasteiger partial charge in [-0.2, -0.15) is 11.3 Å². The van der Waals surface area contributed by atoms with Gasteiger partial charge >= 0.3 is 5.97 Å². The van der Waals surface area contributed by atoms with Crippen LogP contribution in [0.5, 0.6) is 0 Å². The smallest absolute Gasteiger partial charge is 0.326 e. The summed E-state index contributed by atoms with van der Waals surface area (Å²) in [6, 6.07) is -2.49. The van der Waals surface area contributed by atoms with Gasteiger partial charge in [0.1, 0.15) is 12.1 Å². The largest absolute Gasteiger partial charge is 0.480 e. The predicted octanol–water partition coefficient (Wildman–Crippen LogP) is 1.97. The Labute approximate surface area is 205 Å². The topological polar surface area (TPSA) is 201 Å². The van der Waals surface area contributed by atoms with Crippen LogP contribution in [-0.4, -0.2) is 51.9 Å². The fourth-order valence-electron chi connectivity index (χ4n) is 2.90. The molecule has 0 spiro atoms. The van der Waals surface area contributed by atoms with Crippen molar-refractivity contribution in [3.63, 3.8) is 0 Å². The molecule has 0 saturated carbocycles. The molecule has 0 aliphatic carbocycles. The molecule has 8 N–H and O–H groups in total. The Balaban J connectivity index is 0.000000896. The third-order valence-electron chi connectivity index (χ3n) is 4.99. The zero-order valence-electron chi connectivity index (χ0n) is 20.8. The van der Waals surface area contributed by atoms with Crippen molar-refractivity contribution in [2.45, 2.75) is 78.9 Å². The molecule has 1 aromatic heterocycles. The van der Waals surface area contributed by atoms with E-state index in [1.165, 1.54) is 11.3 Å². The van der Waals surface area contributed by atoms with E-state index in [1.807, 2.05) is 20.8 Å². The SMILES string of the molecule is CC[C@H](C)[C@H](NC(=O)[C@@H](NC(=O)[C@@H](N)CC(C)C)C(C)C)C(=O)O.[NH-]c1nc(CC(N)=O)cs1. The molecule has 0 aliphatic heterocycles. The van der Waals surface area contributed by atoms with Gasteiger partial charge in [0.2, 0.25) is 17.7 Å². The average molecular weight is 500 g/mol. The van der Waals surface area contributed by atoms with E-state index >= 15 is 0 Å². The Kier molecular flexibility index (Phi) is 14.0. The summed E-state index contributed by atoms with van der Waals surface area (Å²) in [6.45, 7) is 11.1. The Morgan fingerprint density at radius 1 is 1.09 bits per heavy atom. The van der Waals surface area contributed by atoms with Crippen molar-refractivity contribution in [3.05, 3.63) is 16.8 Å². The molecule has 0 aliphatic rings. The highest BCUT2D eigenvalue weighted by Crippen LogP contribution is 2.16. The summed E-state index contributed by atoms with van der Waals surface area (Å²) >= 11 is 1.19. The van der Waals surface area contributed by atoms with Gasteiger partial charge in [-0.1, -0.05) is 48.0 Å². The number of primary amides is 1. The first-order valence-electron chi connectivity index (χ1n) is 11.2. The van der Waals surface area contributed by atoms with Crippen molar-refractivity contribution >= 4 is 40.2 Å². The Hall–Kier alpha value is -2.73. The lowest BCUT2D eigenvalue weighted by atomic mass is 9.97. The molecule has 1 rings (SSSR count). The highest BCUT2D eigenvalue weighted by Gasteiger charge is 2.31. The van der Waals surface area contributed by atoms with Crippen LogP contribution in [0.25, 0.3) is 5.73 Å². The normalized spacial score (nSPS) is 14.4. The molecule has 34 heavy (non-hydrogen) atoms. The Morgan fingerprint density at radius 2 is 1.65 bits per heavy atom. The minimum absolute atomic E-state index is 0.134. The highest BCUT2D eigenvalue weighted by molar-refractivity contribution is 7.13. The van der Waals surface area contributed by atoms with Crippen LogP contribution in [0, 0.1) is 17.8 Å². The Morgan fingerprint density at radius 3 is 2.03 bits per heavy atom. The lowest BCUT2D eigenvalue weighted by Crippen LogP contribution is -2.57. The minimum atomic E-state index is -1.08. The van der Waals surface area contributed by atoms with Gasteiger partial charge in [-0.3, -0.25) is 14.4 Å². The van der Waals surface area contributed by atoms with Gasteiger partial charge in [-0.15, -0.1) is 0 Å². The lowest BCUT2D eigenvalue weighted by molar-refractivity contribution is -0.144. The summed E-state index contributed by atoms with van der Waals surface area (Å²) in [5.41, 5.74) is 18.3. The number of nitrogens with one attached hydrogen (secondary N) is 3. The summed E-state index contributed by atoms with van der Waals surface area (Å²) < 4.78 is 0. The summed E-state index contributed by atoms with van der Waals surface area (Å²) in [5, 5.41) is 16.4. The third kappa shape index (κ3) is 11.9. The second-order valence-corrected chi connectivity index (χ2v) is 9.82. The first kappa shape index (κ1) is 31.3. The summed E-state index contributed by atoms with van der Waals surface area (Å²) in [4.78, 5) is 50.0. The first-order chi connectivity index (χ1) is 15.7. The molecule has 12 heteroatoms. The van der Waals surface area contributed by atoms with Crippen molar-refractivity contribution in [2.24, 2.45) is 29.2 Å². The number of aromatic nitrogens is 1. The van der Waals surface area contributed by atoms with E-state index in [4.69, 9.17) is 17.2 Å². The van der Waals surface area contributed by atoms with E-state index in [0.29, 0.717) is 18.5 Å². The van der Waals surface area contributed by atoms with Crippen LogP contribution >= 0.6 is 11.3 Å². The van der Waals surface area contributed by atoms with E-state index in [-0.39, 0.29) is 29.3 Å². The van der Waals surface area contributed by atoms with Gasteiger partial charge in [-0.05, 0) is 40.4 Å². The summed E-state index contributed by atoms with van der Waals surface area (Å²) in [5.74, 6) is -2.52. The molecule has 194 valence electrons. The van der Waals surface area contributed by atoms with Crippen molar-refractivity contribution in [3.8, 4) is 0 Å². The van der Waals surface area contributed by atoms with Gasteiger partial charge in [0.15, 0.2) is 0 Å². The molecule has 4 atom stereocenters. The maximum Gasteiger partial charge on any atom is 0.326 e. The summed E-state index contributed by atoms with van der Waals surface area (Å²) in [6.07, 6.45) is 1.27. The quantitative estimate of drug-likeness (QED) is 0.289. The van der Waals surface area contributed by atoms with Crippen molar-refractivity contribution in [1.82, 2.24) is 15.6 Å².